The summed E-state index contributed by atoms with van der Waals surface area (Å²) < 4.78 is 0. The van der Waals surface area contributed by atoms with Crippen LogP contribution in [0.1, 0.15) is 20.3 Å². The number of hydrogen-bond acceptors (Lipinski definition) is 3. The summed E-state index contributed by atoms with van der Waals surface area (Å²) in [6.45, 7) is 7.25. The van der Waals surface area contributed by atoms with Crippen LogP contribution in [-0.4, -0.2) is 35.1 Å². The van der Waals surface area contributed by atoms with E-state index in [2.05, 4.69) is 6.58 Å². The molecule has 0 saturated carbocycles. The topological polar surface area (TPSA) is 60.7 Å². The lowest BCUT2D eigenvalue weighted by atomic mass is 10.5. The fourth-order valence-electron chi connectivity index (χ4n) is 0. The van der Waals surface area contributed by atoms with Gasteiger partial charge in [-0.3, -0.25) is 0 Å². The van der Waals surface area contributed by atoms with Crippen molar-refractivity contribution in [3.05, 3.63) is 12.7 Å². The first kappa shape index (κ1) is 16.9. The van der Waals surface area contributed by atoms with Crippen molar-refractivity contribution in [2.45, 2.75) is 20.3 Å². The third-order valence-corrected chi connectivity index (χ3v) is 0.324. The molecule has 0 bridgehead atoms. The van der Waals surface area contributed by atoms with Gasteiger partial charge in [-0.2, -0.15) is 0 Å². The molecule has 3 N–H and O–H groups in total. The molecule has 0 aliphatic heterocycles. The molecule has 0 fully saturated rings. The summed E-state index contributed by atoms with van der Waals surface area (Å²) in [6, 6.07) is 0. The van der Waals surface area contributed by atoms with Gasteiger partial charge in [0.2, 0.25) is 0 Å². The van der Waals surface area contributed by atoms with Crippen molar-refractivity contribution in [1.82, 2.24) is 0 Å². The van der Waals surface area contributed by atoms with Crippen molar-refractivity contribution in [3.8, 4) is 0 Å². The van der Waals surface area contributed by atoms with Gasteiger partial charge in [-0.25, -0.2) is 0 Å². The molecule has 0 aromatic rings. The van der Waals surface area contributed by atoms with Gasteiger partial charge in [-0.15, -0.1) is 6.58 Å². The molecular formula is C8H20O3. The van der Waals surface area contributed by atoms with E-state index in [1.165, 1.54) is 0 Å². The quantitative estimate of drug-likeness (QED) is 0.522. The maximum absolute atomic E-state index is 7.88. The molecule has 0 radical (unpaired) electrons. The second kappa shape index (κ2) is 33.5. The number of hydrogen-bond donors (Lipinski definition) is 3. The van der Waals surface area contributed by atoms with E-state index >= 15 is 0 Å². The van der Waals surface area contributed by atoms with E-state index in [4.69, 9.17) is 15.3 Å². The molecule has 0 aromatic heterocycles. The first-order valence-corrected chi connectivity index (χ1v) is 3.64. The molecule has 3 nitrogen and oxygen atoms in total. The van der Waals surface area contributed by atoms with Gasteiger partial charge in [-0.1, -0.05) is 13.0 Å². The number of allylic oxidation sites excluding steroid dienone is 1. The lowest BCUT2D eigenvalue weighted by Gasteiger charge is -1.70. The van der Waals surface area contributed by atoms with Crippen LogP contribution in [0, 0.1) is 0 Å². The molecule has 11 heavy (non-hydrogen) atoms. The highest BCUT2D eigenvalue weighted by Gasteiger charge is 1.58. The van der Waals surface area contributed by atoms with Crippen molar-refractivity contribution in [3.63, 3.8) is 0 Å². The average Bonchev–Trinajstić information content (AvgIpc) is 2.06. The standard InChI is InChI=1S/C3H8O.C3H6.C2H6O2/c1-2-3-4;1-3-2;3-1-2-4/h4H,2-3H2,1H3;3H,1H2,2H3;3-4H,1-2H2. The maximum Gasteiger partial charge on any atom is 0.0662 e. The van der Waals surface area contributed by atoms with Crippen molar-refractivity contribution < 1.29 is 15.3 Å². The van der Waals surface area contributed by atoms with Crippen molar-refractivity contribution in [2.24, 2.45) is 0 Å². The summed E-state index contributed by atoms with van der Waals surface area (Å²) in [6.07, 6.45) is 2.62. The van der Waals surface area contributed by atoms with Crippen LogP contribution in [-0.2, 0) is 0 Å². The van der Waals surface area contributed by atoms with E-state index in [0.29, 0.717) is 6.61 Å². The summed E-state index contributed by atoms with van der Waals surface area (Å²) in [5.74, 6) is 0. The Kier molecular flexibility index (Phi) is 51.5. The zero-order valence-corrected chi connectivity index (χ0v) is 7.45. The molecular weight excluding hydrogens is 144 g/mol. The predicted octanol–water partition coefficient (Wildman–Crippen LogP) is 0.552. The third kappa shape index (κ3) is 213. The van der Waals surface area contributed by atoms with Crippen LogP contribution in [0.25, 0.3) is 0 Å². The molecule has 0 spiro atoms. The van der Waals surface area contributed by atoms with Crippen LogP contribution < -0.4 is 0 Å². The SMILES string of the molecule is C=CC.CCCO.OCCO. The van der Waals surface area contributed by atoms with Crippen molar-refractivity contribution in [2.75, 3.05) is 19.8 Å². The maximum atomic E-state index is 7.88. The van der Waals surface area contributed by atoms with Crippen LogP contribution in [0.2, 0.25) is 0 Å². The summed E-state index contributed by atoms with van der Waals surface area (Å²) in [5, 5.41) is 23.1. The van der Waals surface area contributed by atoms with E-state index in [-0.39, 0.29) is 13.2 Å². The van der Waals surface area contributed by atoms with Crippen LogP contribution >= 0.6 is 0 Å². The number of aliphatic hydroxyl groups is 3. The minimum absolute atomic E-state index is 0.125. The van der Waals surface area contributed by atoms with Gasteiger partial charge in [-0.05, 0) is 13.3 Å². The van der Waals surface area contributed by atoms with E-state index in [9.17, 15) is 0 Å². The van der Waals surface area contributed by atoms with Gasteiger partial charge in [0, 0.05) is 6.61 Å². The fourth-order valence-corrected chi connectivity index (χ4v) is 0. The minimum atomic E-state index is -0.125. The van der Waals surface area contributed by atoms with Gasteiger partial charge >= 0.3 is 0 Å². The monoisotopic (exact) mass is 164 g/mol. The smallest absolute Gasteiger partial charge is 0.0662 e. The average molecular weight is 164 g/mol. The second-order valence-electron chi connectivity index (χ2n) is 1.58. The predicted molar refractivity (Wildman–Crippen MR) is 47.4 cm³/mol. The first-order chi connectivity index (χ1) is 5.24. The van der Waals surface area contributed by atoms with Gasteiger partial charge in [0.15, 0.2) is 0 Å². The zero-order chi connectivity index (χ0) is 9.54. The van der Waals surface area contributed by atoms with Gasteiger partial charge in [0.05, 0.1) is 13.2 Å². The van der Waals surface area contributed by atoms with Gasteiger partial charge < -0.3 is 15.3 Å². The molecule has 0 aliphatic carbocycles. The number of aliphatic hydroxyl groups excluding tert-OH is 3. The Hall–Kier alpha value is -0.380. The lowest BCUT2D eigenvalue weighted by molar-refractivity contribution is 0.186. The van der Waals surface area contributed by atoms with Gasteiger partial charge in [0.1, 0.15) is 0 Å². The Morgan fingerprint density at radius 3 is 1.27 bits per heavy atom. The molecule has 0 aromatic carbocycles. The summed E-state index contributed by atoms with van der Waals surface area (Å²) in [4.78, 5) is 0. The Balaban J connectivity index is -0.0000000886. The third-order valence-electron chi connectivity index (χ3n) is 0.324. The highest BCUT2D eigenvalue weighted by Crippen LogP contribution is 1.61. The highest BCUT2D eigenvalue weighted by atomic mass is 16.3. The molecule has 0 aliphatic rings. The zero-order valence-electron chi connectivity index (χ0n) is 7.45. The largest absolute Gasteiger partial charge is 0.396 e. The normalized spacial score (nSPS) is 6.64. The summed E-state index contributed by atoms with van der Waals surface area (Å²) >= 11 is 0. The molecule has 0 rings (SSSR count). The molecule has 0 saturated heterocycles. The minimum Gasteiger partial charge on any atom is -0.396 e. The van der Waals surface area contributed by atoms with E-state index in [1.807, 2.05) is 13.8 Å². The second-order valence-corrected chi connectivity index (χ2v) is 1.58. The van der Waals surface area contributed by atoms with Crippen LogP contribution in [0.4, 0.5) is 0 Å². The first-order valence-electron chi connectivity index (χ1n) is 3.64. The summed E-state index contributed by atoms with van der Waals surface area (Å²) in [5.41, 5.74) is 0. The molecule has 0 unspecified atom stereocenters. The Morgan fingerprint density at radius 2 is 1.27 bits per heavy atom. The van der Waals surface area contributed by atoms with Crippen molar-refractivity contribution >= 4 is 0 Å². The van der Waals surface area contributed by atoms with Gasteiger partial charge in [0.25, 0.3) is 0 Å². The Bertz CT molecular complexity index is 38.6. The molecule has 3 heteroatoms. The molecule has 0 atom stereocenters. The fraction of sp³-hybridized carbons (Fsp3) is 0.750. The molecule has 0 amide bonds. The summed E-state index contributed by atoms with van der Waals surface area (Å²) in [7, 11) is 0. The van der Waals surface area contributed by atoms with E-state index in [0.717, 1.165) is 6.42 Å². The van der Waals surface area contributed by atoms with Crippen LogP contribution in [0.15, 0.2) is 12.7 Å². The van der Waals surface area contributed by atoms with E-state index < -0.39 is 0 Å². The van der Waals surface area contributed by atoms with Crippen molar-refractivity contribution in [1.29, 1.82) is 0 Å². The van der Waals surface area contributed by atoms with Crippen LogP contribution in [0.5, 0.6) is 0 Å². The van der Waals surface area contributed by atoms with E-state index in [1.54, 1.807) is 6.08 Å². The lowest BCUT2D eigenvalue weighted by Crippen LogP contribution is -1.85. The number of rotatable bonds is 2. The molecule has 0 heterocycles. The molecule has 70 valence electrons. The Morgan fingerprint density at radius 1 is 1.09 bits per heavy atom. The Labute approximate surface area is 69.0 Å². The highest BCUT2D eigenvalue weighted by molar-refractivity contribution is 4.51. The van der Waals surface area contributed by atoms with Crippen LogP contribution in [0.3, 0.4) is 0 Å².